The van der Waals surface area contributed by atoms with E-state index in [4.69, 9.17) is 4.42 Å². The maximum atomic E-state index is 10.5. The van der Waals surface area contributed by atoms with Crippen LogP contribution in [0.4, 0.5) is 0 Å². The molecule has 3 N–H and O–H groups in total. The van der Waals surface area contributed by atoms with Crippen LogP contribution in [0.15, 0.2) is 34.2 Å². The van der Waals surface area contributed by atoms with Crippen LogP contribution >= 0.6 is 0 Å². The maximum absolute atomic E-state index is 10.5. The predicted molar refractivity (Wildman–Crippen MR) is 66.8 cm³/mol. The third kappa shape index (κ3) is 2.00. The van der Waals surface area contributed by atoms with Crippen LogP contribution in [0.1, 0.15) is 38.4 Å². The normalized spacial score (nSPS) is 30.6. The Labute approximate surface area is 107 Å². The van der Waals surface area contributed by atoms with Crippen LogP contribution < -0.4 is 0 Å². The lowest BCUT2D eigenvalue weighted by Gasteiger charge is -2.42. The third-order valence-electron chi connectivity index (χ3n) is 4.22. The van der Waals surface area contributed by atoms with E-state index in [1.165, 1.54) is 12.5 Å². The second kappa shape index (κ2) is 4.88. The van der Waals surface area contributed by atoms with Crippen molar-refractivity contribution in [3.05, 3.63) is 35.3 Å². The number of furan rings is 1. The van der Waals surface area contributed by atoms with Gasteiger partial charge in [0.15, 0.2) is 0 Å². The van der Waals surface area contributed by atoms with E-state index >= 15 is 0 Å². The van der Waals surface area contributed by atoms with Gasteiger partial charge >= 0.3 is 0 Å². The SMILES string of the molecule is CC1=C(CO)[C@](C)([C@@H](O)c2ccoc2)CC[C@H]1O. The molecule has 0 spiro atoms. The van der Waals surface area contributed by atoms with Crippen molar-refractivity contribution in [1.29, 1.82) is 0 Å². The molecule has 0 aromatic carbocycles. The Morgan fingerprint density at radius 2 is 2.28 bits per heavy atom. The molecule has 1 heterocycles. The number of rotatable bonds is 3. The first-order chi connectivity index (χ1) is 8.50. The van der Waals surface area contributed by atoms with Gasteiger partial charge in [0.05, 0.1) is 31.3 Å². The Morgan fingerprint density at radius 1 is 1.56 bits per heavy atom. The van der Waals surface area contributed by atoms with Gasteiger partial charge in [0, 0.05) is 11.0 Å². The van der Waals surface area contributed by atoms with E-state index in [9.17, 15) is 15.3 Å². The lowest BCUT2D eigenvalue weighted by molar-refractivity contribution is 0.0249. The molecule has 0 amide bonds. The Bertz CT molecular complexity index is 435. The molecule has 0 saturated carbocycles. The zero-order valence-corrected chi connectivity index (χ0v) is 10.8. The summed E-state index contributed by atoms with van der Waals surface area (Å²) in [6, 6.07) is 1.73. The fourth-order valence-corrected chi connectivity index (χ4v) is 2.86. The van der Waals surface area contributed by atoms with Crippen LogP contribution in [-0.4, -0.2) is 28.0 Å². The van der Waals surface area contributed by atoms with Crippen molar-refractivity contribution in [2.24, 2.45) is 5.41 Å². The fourth-order valence-electron chi connectivity index (χ4n) is 2.86. The van der Waals surface area contributed by atoms with Gasteiger partial charge < -0.3 is 19.7 Å². The summed E-state index contributed by atoms with van der Waals surface area (Å²) in [5.74, 6) is 0. The lowest BCUT2D eigenvalue weighted by Crippen LogP contribution is -2.36. The Hall–Kier alpha value is -1.10. The maximum Gasteiger partial charge on any atom is 0.0960 e. The first kappa shape index (κ1) is 13.3. The highest BCUT2D eigenvalue weighted by molar-refractivity contribution is 5.31. The molecule has 4 nitrogen and oxygen atoms in total. The second-order valence-electron chi connectivity index (χ2n) is 5.25. The molecule has 0 unspecified atom stereocenters. The molecule has 2 rings (SSSR count). The summed E-state index contributed by atoms with van der Waals surface area (Å²) >= 11 is 0. The molecule has 3 atom stereocenters. The van der Waals surface area contributed by atoms with E-state index in [1.54, 1.807) is 6.07 Å². The van der Waals surface area contributed by atoms with Gasteiger partial charge in [0.25, 0.3) is 0 Å². The van der Waals surface area contributed by atoms with E-state index < -0.39 is 17.6 Å². The van der Waals surface area contributed by atoms with Gasteiger partial charge in [0.2, 0.25) is 0 Å². The topological polar surface area (TPSA) is 73.8 Å². The van der Waals surface area contributed by atoms with Crippen LogP contribution in [0.2, 0.25) is 0 Å². The first-order valence-corrected chi connectivity index (χ1v) is 6.20. The molecule has 0 saturated heterocycles. The van der Waals surface area contributed by atoms with Gasteiger partial charge in [-0.1, -0.05) is 6.92 Å². The summed E-state index contributed by atoms with van der Waals surface area (Å²) in [5.41, 5.74) is 1.65. The largest absolute Gasteiger partial charge is 0.472 e. The van der Waals surface area contributed by atoms with Crippen molar-refractivity contribution in [3.8, 4) is 0 Å². The van der Waals surface area contributed by atoms with Crippen molar-refractivity contribution >= 4 is 0 Å². The highest BCUT2D eigenvalue weighted by Crippen LogP contribution is 2.48. The average Bonchev–Trinajstić information content (AvgIpc) is 2.88. The Kier molecular flexibility index (Phi) is 3.61. The minimum Gasteiger partial charge on any atom is -0.472 e. The van der Waals surface area contributed by atoms with Crippen molar-refractivity contribution in [1.82, 2.24) is 0 Å². The summed E-state index contributed by atoms with van der Waals surface area (Å²) < 4.78 is 5.00. The Morgan fingerprint density at radius 3 is 2.83 bits per heavy atom. The third-order valence-corrected chi connectivity index (χ3v) is 4.22. The minimum atomic E-state index is -0.735. The highest BCUT2D eigenvalue weighted by atomic mass is 16.3. The van der Waals surface area contributed by atoms with E-state index in [0.717, 1.165) is 11.1 Å². The summed E-state index contributed by atoms with van der Waals surface area (Å²) in [6.45, 7) is 3.59. The average molecular weight is 252 g/mol. The molecule has 1 aliphatic rings. The second-order valence-corrected chi connectivity index (χ2v) is 5.25. The van der Waals surface area contributed by atoms with Crippen LogP contribution in [0.3, 0.4) is 0 Å². The molecular weight excluding hydrogens is 232 g/mol. The molecule has 0 aliphatic heterocycles. The van der Waals surface area contributed by atoms with Crippen molar-refractivity contribution in [2.75, 3.05) is 6.61 Å². The smallest absolute Gasteiger partial charge is 0.0960 e. The number of aliphatic hydroxyl groups is 3. The van der Waals surface area contributed by atoms with E-state index in [-0.39, 0.29) is 6.61 Å². The van der Waals surface area contributed by atoms with Gasteiger partial charge in [-0.3, -0.25) is 0 Å². The van der Waals surface area contributed by atoms with Gasteiger partial charge in [-0.2, -0.15) is 0 Å². The van der Waals surface area contributed by atoms with Gasteiger partial charge in [-0.15, -0.1) is 0 Å². The Balaban J connectivity index is 2.41. The van der Waals surface area contributed by atoms with Crippen molar-refractivity contribution < 1.29 is 19.7 Å². The number of hydrogen-bond acceptors (Lipinski definition) is 4. The number of hydrogen-bond donors (Lipinski definition) is 3. The standard InChI is InChI=1S/C14H20O4/c1-9-11(7-15)14(2,5-3-12(9)16)13(17)10-4-6-18-8-10/h4,6,8,12-13,15-17H,3,5,7H2,1-2H3/t12-,13+,14-/m1/s1. The molecule has 0 fully saturated rings. The number of aliphatic hydroxyl groups excluding tert-OH is 3. The molecule has 18 heavy (non-hydrogen) atoms. The highest BCUT2D eigenvalue weighted by Gasteiger charge is 2.42. The van der Waals surface area contributed by atoms with Gasteiger partial charge in [0.1, 0.15) is 0 Å². The molecule has 1 aliphatic carbocycles. The predicted octanol–water partition coefficient (Wildman–Crippen LogP) is 1.78. The van der Waals surface area contributed by atoms with Gasteiger partial charge in [-0.05, 0) is 37.0 Å². The lowest BCUT2D eigenvalue weighted by atomic mass is 9.66. The van der Waals surface area contributed by atoms with Crippen LogP contribution in [0.25, 0.3) is 0 Å². The molecule has 100 valence electrons. The minimum absolute atomic E-state index is 0.145. The zero-order chi connectivity index (χ0) is 13.3. The molecule has 1 aromatic heterocycles. The summed E-state index contributed by atoms with van der Waals surface area (Å²) in [6.07, 6.45) is 3.02. The quantitative estimate of drug-likeness (QED) is 0.717. The monoisotopic (exact) mass is 252 g/mol. The summed E-state index contributed by atoms with van der Waals surface area (Å²) in [7, 11) is 0. The van der Waals surface area contributed by atoms with E-state index in [1.807, 2.05) is 13.8 Å². The summed E-state index contributed by atoms with van der Waals surface area (Å²) in [5, 5.41) is 29.9. The summed E-state index contributed by atoms with van der Waals surface area (Å²) in [4.78, 5) is 0. The molecule has 0 radical (unpaired) electrons. The first-order valence-electron chi connectivity index (χ1n) is 6.20. The fraction of sp³-hybridized carbons (Fsp3) is 0.571. The molecule has 0 bridgehead atoms. The van der Waals surface area contributed by atoms with Crippen molar-refractivity contribution in [3.63, 3.8) is 0 Å². The zero-order valence-electron chi connectivity index (χ0n) is 10.8. The molecular formula is C14H20O4. The van der Waals surface area contributed by atoms with E-state index in [0.29, 0.717) is 18.4 Å². The van der Waals surface area contributed by atoms with Gasteiger partial charge in [-0.25, -0.2) is 0 Å². The molecule has 1 aromatic rings. The van der Waals surface area contributed by atoms with Crippen LogP contribution in [0, 0.1) is 5.41 Å². The molecule has 4 heteroatoms. The van der Waals surface area contributed by atoms with Crippen molar-refractivity contribution in [2.45, 2.75) is 38.9 Å². The van der Waals surface area contributed by atoms with Crippen LogP contribution in [0.5, 0.6) is 0 Å². The van der Waals surface area contributed by atoms with E-state index in [2.05, 4.69) is 0 Å². The van der Waals surface area contributed by atoms with Crippen LogP contribution in [-0.2, 0) is 0 Å².